The molecule has 9 nitrogen and oxygen atoms in total. The molecule has 0 aliphatic rings. The number of sulfone groups is 1. The van der Waals surface area contributed by atoms with Crippen molar-refractivity contribution in [2.75, 3.05) is 11.6 Å². The van der Waals surface area contributed by atoms with Gasteiger partial charge in [0.2, 0.25) is 15.8 Å². The van der Waals surface area contributed by atoms with Crippen LogP contribution in [0.15, 0.2) is 54.1 Å². The van der Waals surface area contributed by atoms with Crippen LogP contribution in [0.4, 0.5) is 5.95 Å². The molecule has 0 saturated carbocycles. The van der Waals surface area contributed by atoms with Crippen LogP contribution in [-0.2, 0) is 21.8 Å². The van der Waals surface area contributed by atoms with Crippen molar-refractivity contribution in [3.8, 4) is 5.69 Å². The van der Waals surface area contributed by atoms with Gasteiger partial charge in [-0.2, -0.15) is 24.7 Å². The summed E-state index contributed by atoms with van der Waals surface area (Å²) in [7, 11) is -3.60. The number of hydrogen-bond donors (Lipinski definition) is 1. The SMILES string of the molecule is CC(C)(C)c1cnn2c(NCc3ccccc3-n3cccn3)nc(S(C)(=O)=O)nc12. The van der Waals surface area contributed by atoms with E-state index in [2.05, 4.69) is 25.5 Å². The third-order valence-corrected chi connectivity index (χ3v) is 5.51. The summed E-state index contributed by atoms with van der Waals surface area (Å²) in [5.74, 6) is 0.311. The maximum atomic E-state index is 12.2. The summed E-state index contributed by atoms with van der Waals surface area (Å²) in [5.41, 5.74) is 2.95. The van der Waals surface area contributed by atoms with Crippen molar-refractivity contribution in [2.45, 2.75) is 37.9 Å². The Kier molecular flexibility index (Phi) is 4.81. The lowest BCUT2D eigenvalue weighted by molar-refractivity contribution is 0.586. The van der Waals surface area contributed by atoms with Gasteiger partial charge in [0.15, 0.2) is 5.65 Å². The predicted molar refractivity (Wildman–Crippen MR) is 113 cm³/mol. The largest absolute Gasteiger partial charge is 0.350 e. The molecule has 0 aliphatic carbocycles. The van der Waals surface area contributed by atoms with Crippen molar-refractivity contribution in [3.63, 3.8) is 0 Å². The van der Waals surface area contributed by atoms with Gasteiger partial charge in [-0.05, 0) is 23.1 Å². The highest BCUT2D eigenvalue weighted by atomic mass is 32.2. The predicted octanol–water partition coefficient (Wildman–Crippen LogP) is 2.62. The molecule has 0 aliphatic heterocycles. The minimum atomic E-state index is -3.60. The molecule has 0 fully saturated rings. The van der Waals surface area contributed by atoms with Crippen molar-refractivity contribution in [1.82, 2.24) is 29.4 Å². The molecule has 0 radical (unpaired) electrons. The molecule has 0 atom stereocenters. The van der Waals surface area contributed by atoms with Crippen LogP contribution in [0.1, 0.15) is 31.9 Å². The number of para-hydroxylation sites is 1. The summed E-state index contributed by atoms with van der Waals surface area (Å²) in [6.07, 6.45) is 6.39. The second kappa shape index (κ2) is 7.21. The molecule has 3 heterocycles. The molecule has 30 heavy (non-hydrogen) atoms. The summed E-state index contributed by atoms with van der Waals surface area (Å²) >= 11 is 0. The fraction of sp³-hybridized carbons (Fsp3) is 0.300. The van der Waals surface area contributed by atoms with E-state index in [1.54, 1.807) is 21.6 Å². The number of nitrogens with one attached hydrogen (secondary N) is 1. The molecule has 1 N–H and O–H groups in total. The van der Waals surface area contributed by atoms with E-state index in [4.69, 9.17) is 0 Å². The first-order valence-corrected chi connectivity index (χ1v) is 11.3. The second-order valence-corrected chi connectivity index (χ2v) is 9.99. The van der Waals surface area contributed by atoms with Gasteiger partial charge in [0, 0.05) is 30.8 Å². The summed E-state index contributed by atoms with van der Waals surface area (Å²) in [5, 5.41) is 11.7. The molecular weight excluding hydrogens is 402 g/mol. The summed E-state index contributed by atoms with van der Waals surface area (Å²) in [6.45, 7) is 6.48. The molecule has 10 heteroatoms. The second-order valence-electron chi connectivity index (χ2n) is 8.08. The Hall–Kier alpha value is -3.27. The van der Waals surface area contributed by atoms with Crippen molar-refractivity contribution in [1.29, 1.82) is 0 Å². The normalized spacial score (nSPS) is 12.4. The molecule has 1 aromatic carbocycles. The van der Waals surface area contributed by atoms with Gasteiger partial charge in [-0.25, -0.2) is 13.1 Å². The lowest BCUT2D eigenvalue weighted by atomic mass is 9.89. The minimum absolute atomic E-state index is 0.233. The van der Waals surface area contributed by atoms with Crippen LogP contribution in [0.25, 0.3) is 11.3 Å². The maximum absolute atomic E-state index is 12.2. The summed E-state index contributed by atoms with van der Waals surface area (Å²) in [4.78, 5) is 8.54. The zero-order chi connectivity index (χ0) is 21.5. The van der Waals surface area contributed by atoms with Gasteiger partial charge in [0.25, 0.3) is 5.16 Å². The Balaban J connectivity index is 1.78. The zero-order valence-corrected chi connectivity index (χ0v) is 18.1. The first-order valence-electron chi connectivity index (χ1n) is 9.43. The van der Waals surface area contributed by atoms with Crippen LogP contribution < -0.4 is 5.32 Å². The van der Waals surface area contributed by atoms with Crippen molar-refractivity contribution < 1.29 is 8.42 Å². The Morgan fingerprint density at radius 3 is 2.50 bits per heavy atom. The van der Waals surface area contributed by atoms with Gasteiger partial charge < -0.3 is 5.32 Å². The third-order valence-electron chi connectivity index (χ3n) is 4.67. The first kappa shape index (κ1) is 20.0. The number of hydrogen-bond acceptors (Lipinski definition) is 7. The number of benzene rings is 1. The van der Waals surface area contributed by atoms with Gasteiger partial charge in [-0.15, -0.1) is 0 Å². The van der Waals surface area contributed by atoms with E-state index in [1.165, 1.54) is 0 Å². The van der Waals surface area contributed by atoms with Crippen LogP contribution in [-0.4, -0.2) is 44.0 Å². The Morgan fingerprint density at radius 2 is 1.83 bits per heavy atom. The molecule has 156 valence electrons. The van der Waals surface area contributed by atoms with E-state index in [9.17, 15) is 8.42 Å². The van der Waals surface area contributed by atoms with E-state index in [1.807, 2.05) is 57.3 Å². The van der Waals surface area contributed by atoms with Crippen LogP contribution in [0.3, 0.4) is 0 Å². The van der Waals surface area contributed by atoms with Crippen molar-refractivity contribution >= 4 is 21.4 Å². The smallest absolute Gasteiger partial charge is 0.252 e. The highest BCUT2D eigenvalue weighted by Gasteiger charge is 2.24. The molecular formula is C20H23N7O2S. The number of nitrogens with zero attached hydrogens (tertiary/aromatic N) is 6. The molecule has 0 unspecified atom stereocenters. The van der Waals surface area contributed by atoms with Gasteiger partial charge >= 0.3 is 0 Å². The molecule has 0 saturated heterocycles. The summed E-state index contributed by atoms with van der Waals surface area (Å²) in [6, 6.07) is 9.67. The highest BCUT2D eigenvalue weighted by Crippen LogP contribution is 2.27. The topological polar surface area (TPSA) is 107 Å². The van der Waals surface area contributed by atoms with Gasteiger partial charge in [0.05, 0.1) is 11.9 Å². The molecule has 4 aromatic rings. The first-order chi connectivity index (χ1) is 14.1. The lowest BCUT2D eigenvalue weighted by Gasteiger charge is -2.17. The fourth-order valence-corrected chi connectivity index (χ4v) is 3.64. The monoisotopic (exact) mass is 425 g/mol. The summed E-state index contributed by atoms with van der Waals surface area (Å²) < 4.78 is 27.7. The van der Waals surface area contributed by atoms with Gasteiger partial charge in [-0.3, -0.25) is 0 Å². The number of rotatable bonds is 5. The maximum Gasteiger partial charge on any atom is 0.252 e. The Morgan fingerprint density at radius 1 is 1.07 bits per heavy atom. The van der Waals surface area contributed by atoms with Crippen LogP contribution in [0.2, 0.25) is 0 Å². The Bertz CT molecular complexity index is 1300. The lowest BCUT2D eigenvalue weighted by Crippen LogP contribution is -2.16. The number of anilines is 1. The van der Waals surface area contributed by atoms with E-state index < -0.39 is 9.84 Å². The zero-order valence-electron chi connectivity index (χ0n) is 17.2. The molecule has 3 aromatic heterocycles. The van der Waals surface area contributed by atoms with Gasteiger partial charge in [-0.1, -0.05) is 39.0 Å². The van der Waals surface area contributed by atoms with Crippen LogP contribution in [0, 0.1) is 0 Å². The quantitative estimate of drug-likeness (QED) is 0.524. The average Bonchev–Trinajstić information content (AvgIpc) is 3.34. The molecule has 0 amide bonds. The number of aromatic nitrogens is 6. The fourth-order valence-electron chi connectivity index (χ4n) is 3.14. The number of fused-ring (bicyclic) bond motifs is 1. The average molecular weight is 426 g/mol. The van der Waals surface area contributed by atoms with E-state index in [0.29, 0.717) is 18.1 Å². The van der Waals surface area contributed by atoms with Crippen LogP contribution in [0.5, 0.6) is 0 Å². The highest BCUT2D eigenvalue weighted by molar-refractivity contribution is 7.90. The third kappa shape index (κ3) is 3.78. The van der Waals surface area contributed by atoms with Crippen molar-refractivity contribution in [3.05, 3.63) is 60.0 Å². The van der Waals surface area contributed by atoms with Crippen molar-refractivity contribution in [2.24, 2.45) is 0 Å². The molecule has 4 rings (SSSR count). The van der Waals surface area contributed by atoms with E-state index in [-0.39, 0.29) is 10.6 Å². The van der Waals surface area contributed by atoms with E-state index in [0.717, 1.165) is 23.1 Å². The molecule has 0 spiro atoms. The Labute approximate surface area is 174 Å². The van der Waals surface area contributed by atoms with E-state index >= 15 is 0 Å². The minimum Gasteiger partial charge on any atom is -0.350 e. The van der Waals surface area contributed by atoms with Gasteiger partial charge in [0.1, 0.15) is 0 Å². The molecule has 0 bridgehead atoms. The standard InChI is InChI=1S/C20H23N7O2S/c1-20(2,3)15-13-23-27-17(15)24-19(30(4,28)29)25-18(27)21-12-14-8-5-6-9-16(14)26-11-7-10-22-26/h5-11,13H,12H2,1-4H3,(H,21,24,25). The van der Waals surface area contributed by atoms with Crippen LogP contribution >= 0.6 is 0 Å².